The molecule has 0 radical (unpaired) electrons. The van der Waals surface area contributed by atoms with Gasteiger partial charge in [-0.05, 0) is 51.3 Å². The van der Waals surface area contributed by atoms with Gasteiger partial charge in [0, 0.05) is 28.4 Å². The third-order valence-electron chi connectivity index (χ3n) is 3.82. The smallest absolute Gasteiger partial charge is 0.307 e. The van der Waals surface area contributed by atoms with Gasteiger partial charge in [0.25, 0.3) is 5.91 Å². The molecule has 0 bridgehead atoms. The van der Waals surface area contributed by atoms with Gasteiger partial charge in [-0.2, -0.15) is 0 Å². The maximum absolute atomic E-state index is 12.7. The number of carbonyl (C=O) groups is 1. The van der Waals surface area contributed by atoms with Crippen LogP contribution in [0.1, 0.15) is 10.4 Å². The number of carbonyl (C=O) groups excluding carboxylic acids is 1. The number of nitro groups is 2. The van der Waals surface area contributed by atoms with Gasteiger partial charge in [0.15, 0.2) is 0 Å². The van der Waals surface area contributed by atoms with Gasteiger partial charge in [0.05, 0.1) is 9.85 Å². The van der Waals surface area contributed by atoms with Crippen LogP contribution in [-0.4, -0.2) is 20.7 Å². The highest BCUT2D eigenvalue weighted by molar-refractivity contribution is 9.10. The lowest BCUT2D eigenvalue weighted by Crippen LogP contribution is -2.14. The summed E-state index contributed by atoms with van der Waals surface area (Å²) in [5.74, 6) is -0.135. The second-order valence-electron chi connectivity index (χ2n) is 5.58. The maximum Gasteiger partial charge on any atom is 0.346 e. The topological polar surface area (TPSA) is 128 Å². The number of anilines is 1. The van der Waals surface area contributed by atoms with Crippen molar-refractivity contribution in [1.29, 1.82) is 0 Å². The van der Waals surface area contributed by atoms with Crippen molar-refractivity contribution in [3.63, 3.8) is 0 Å². The molecular formula is C18H11BrN4O5. The summed E-state index contributed by atoms with van der Waals surface area (Å²) in [5.41, 5.74) is -0.306. The van der Waals surface area contributed by atoms with E-state index in [1.54, 1.807) is 36.4 Å². The highest BCUT2D eigenvalue weighted by Gasteiger charge is 2.25. The van der Waals surface area contributed by atoms with E-state index in [9.17, 15) is 25.0 Å². The van der Waals surface area contributed by atoms with E-state index in [0.29, 0.717) is 16.9 Å². The van der Waals surface area contributed by atoms with E-state index in [4.69, 9.17) is 0 Å². The van der Waals surface area contributed by atoms with Crippen LogP contribution in [0.5, 0.6) is 0 Å². The molecule has 0 spiro atoms. The first kappa shape index (κ1) is 19.1. The summed E-state index contributed by atoms with van der Waals surface area (Å²) in [7, 11) is 0. The molecule has 3 aromatic rings. The Hall–Kier alpha value is -3.66. The van der Waals surface area contributed by atoms with Crippen LogP contribution in [0.3, 0.4) is 0 Å². The van der Waals surface area contributed by atoms with Crippen molar-refractivity contribution in [2.24, 2.45) is 0 Å². The third-order valence-corrected chi connectivity index (χ3v) is 4.29. The zero-order chi connectivity index (χ0) is 20.3. The molecule has 0 saturated carbocycles. The molecule has 0 atom stereocenters. The number of nitrogens with zero attached hydrogens (tertiary/aromatic N) is 3. The number of rotatable bonds is 5. The van der Waals surface area contributed by atoms with Gasteiger partial charge in [-0.25, -0.2) is 4.98 Å². The quantitative estimate of drug-likeness (QED) is 0.454. The Morgan fingerprint density at radius 1 is 0.964 bits per heavy atom. The van der Waals surface area contributed by atoms with Gasteiger partial charge in [-0.3, -0.25) is 25.0 Å². The van der Waals surface area contributed by atoms with Crippen LogP contribution in [0.15, 0.2) is 65.3 Å². The second kappa shape index (κ2) is 7.92. The highest BCUT2D eigenvalue weighted by atomic mass is 79.9. The van der Waals surface area contributed by atoms with E-state index in [0.717, 1.165) is 16.6 Å². The monoisotopic (exact) mass is 442 g/mol. The predicted octanol–water partition coefficient (Wildman–Crippen LogP) is 4.58. The minimum Gasteiger partial charge on any atom is -0.307 e. The SMILES string of the molecule is O=C(Nc1ccc(Br)cn1)c1ccccc1-c1ccc([N+](=O)[O-])c([N+](=O)[O-])c1. The summed E-state index contributed by atoms with van der Waals surface area (Å²) in [6, 6.07) is 13.3. The Balaban J connectivity index is 2.01. The number of hydrogen-bond acceptors (Lipinski definition) is 6. The van der Waals surface area contributed by atoms with Gasteiger partial charge >= 0.3 is 11.4 Å². The van der Waals surface area contributed by atoms with E-state index >= 15 is 0 Å². The van der Waals surface area contributed by atoms with Crippen molar-refractivity contribution in [3.05, 3.63) is 91.1 Å². The van der Waals surface area contributed by atoms with Crippen LogP contribution < -0.4 is 5.32 Å². The molecule has 0 saturated heterocycles. The number of hydrogen-bond donors (Lipinski definition) is 1. The lowest BCUT2D eigenvalue weighted by molar-refractivity contribution is -0.422. The lowest BCUT2D eigenvalue weighted by atomic mass is 9.98. The molecule has 0 fully saturated rings. The standard InChI is InChI=1S/C18H11BrN4O5/c19-12-6-8-17(20-10-12)21-18(24)14-4-2-1-3-13(14)11-5-7-15(22(25)26)16(9-11)23(27)28/h1-10H,(H,20,21,24). The van der Waals surface area contributed by atoms with Crippen LogP contribution in [-0.2, 0) is 0 Å². The summed E-state index contributed by atoms with van der Waals surface area (Å²) in [4.78, 5) is 37.3. The van der Waals surface area contributed by atoms with Crippen molar-refractivity contribution in [1.82, 2.24) is 4.98 Å². The molecule has 1 amide bonds. The lowest BCUT2D eigenvalue weighted by Gasteiger charge is -2.10. The number of amides is 1. The van der Waals surface area contributed by atoms with Crippen LogP contribution in [0, 0.1) is 20.2 Å². The molecule has 1 heterocycles. The molecule has 10 heteroatoms. The number of pyridine rings is 1. The molecule has 9 nitrogen and oxygen atoms in total. The Labute approximate surface area is 166 Å². The number of nitro benzene ring substituents is 2. The molecule has 0 unspecified atom stereocenters. The molecule has 3 rings (SSSR count). The van der Waals surface area contributed by atoms with Crippen LogP contribution in [0.25, 0.3) is 11.1 Å². The molecule has 2 aromatic carbocycles. The Kier molecular flexibility index (Phi) is 5.41. The number of nitrogens with one attached hydrogen (secondary N) is 1. The minimum absolute atomic E-state index is 0.246. The molecule has 0 aliphatic carbocycles. The van der Waals surface area contributed by atoms with Gasteiger partial charge in [-0.15, -0.1) is 0 Å². The summed E-state index contributed by atoms with van der Waals surface area (Å²) in [6.07, 6.45) is 1.53. The number of aromatic nitrogens is 1. The molecule has 140 valence electrons. The fourth-order valence-corrected chi connectivity index (χ4v) is 2.79. The van der Waals surface area contributed by atoms with Gasteiger partial charge in [0.2, 0.25) is 0 Å². The summed E-state index contributed by atoms with van der Waals surface area (Å²) >= 11 is 3.25. The van der Waals surface area contributed by atoms with Crippen molar-refractivity contribution >= 4 is 39.0 Å². The number of benzene rings is 2. The Morgan fingerprint density at radius 2 is 1.68 bits per heavy atom. The normalized spacial score (nSPS) is 10.3. The van der Waals surface area contributed by atoms with E-state index < -0.39 is 27.1 Å². The second-order valence-corrected chi connectivity index (χ2v) is 6.49. The molecule has 0 aliphatic rings. The molecule has 1 N–H and O–H groups in total. The number of halogens is 1. The van der Waals surface area contributed by atoms with Crippen LogP contribution in [0.2, 0.25) is 0 Å². The molecular weight excluding hydrogens is 432 g/mol. The Bertz CT molecular complexity index is 1090. The van der Waals surface area contributed by atoms with Crippen LogP contribution >= 0.6 is 15.9 Å². The van der Waals surface area contributed by atoms with E-state index in [1.807, 2.05) is 0 Å². The van der Waals surface area contributed by atoms with E-state index in [1.165, 1.54) is 12.3 Å². The fraction of sp³-hybridized carbons (Fsp3) is 0. The molecule has 0 aliphatic heterocycles. The van der Waals surface area contributed by atoms with Crippen LogP contribution in [0.4, 0.5) is 17.2 Å². The predicted molar refractivity (Wildman–Crippen MR) is 105 cm³/mol. The largest absolute Gasteiger partial charge is 0.346 e. The first-order chi connectivity index (χ1) is 13.4. The van der Waals surface area contributed by atoms with Crippen molar-refractivity contribution in [3.8, 4) is 11.1 Å². The average Bonchev–Trinajstić information content (AvgIpc) is 2.69. The zero-order valence-electron chi connectivity index (χ0n) is 14.0. The van der Waals surface area contributed by atoms with Gasteiger partial charge < -0.3 is 5.32 Å². The fourth-order valence-electron chi connectivity index (χ4n) is 2.56. The summed E-state index contributed by atoms with van der Waals surface area (Å²) < 4.78 is 0.754. The minimum atomic E-state index is -0.823. The highest BCUT2D eigenvalue weighted by Crippen LogP contribution is 2.33. The van der Waals surface area contributed by atoms with Crippen molar-refractivity contribution in [2.75, 3.05) is 5.32 Å². The van der Waals surface area contributed by atoms with E-state index in [-0.39, 0.29) is 5.56 Å². The van der Waals surface area contributed by atoms with Gasteiger partial charge in [-0.1, -0.05) is 18.2 Å². The van der Waals surface area contributed by atoms with Crippen molar-refractivity contribution < 1.29 is 14.6 Å². The summed E-state index contributed by atoms with van der Waals surface area (Å²) in [5, 5.41) is 24.9. The van der Waals surface area contributed by atoms with E-state index in [2.05, 4.69) is 26.2 Å². The maximum atomic E-state index is 12.7. The third kappa shape index (κ3) is 4.01. The summed E-state index contributed by atoms with van der Waals surface area (Å²) in [6.45, 7) is 0. The Morgan fingerprint density at radius 3 is 2.32 bits per heavy atom. The molecule has 1 aromatic heterocycles. The van der Waals surface area contributed by atoms with Gasteiger partial charge in [0.1, 0.15) is 5.82 Å². The zero-order valence-corrected chi connectivity index (χ0v) is 15.6. The first-order valence-electron chi connectivity index (χ1n) is 7.82. The molecule has 28 heavy (non-hydrogen) atoms. The first-order valence-corrected chi connectivity index (χ1v) is 8.61. The average molecular weight is 443 g/mol. The van der Waals surface area contributed by atoms with Crippen molar-refractivity contribution in [2.45, 2.75) is 0 Å².